The Labute approximate surface area is 99.6 Å². The molecule has 0 amide bonds. The van der Waals surface area contributed by atoms with Crippen molar-refractivity contribution in [3.63, 3.8) is 0 Å². The summed E-state index contributed by atoms with van der Waals surface area (Å²) in [5.74, 6) is 0.834. The molecule has 1 atom stereocenters. The van der Waals surface area contributed by atoms with E-state index in [1.54, 1.807) is 0 Å². The van der Waals surface area contributed by atoms with Gasteiger partial charge in [0, 0.05) is 0 Å². The molecule has 1 saturated carbocycles. The maximum Gasteiger partial charge on any atom is 0.0980 e. The van der Waals surface area contributed by atoms with Crippen LogP contribution in [0.5, 0.6) is 0 Å². The average molecular weight is 220 g/mol. The molecule has 1 aliphatic carbocycles. The van der Waals surface area contributed by atoms with Crippen molar-refractivity contribution in [3.05, 3.63) is 0 Å². The van der Waals surface area contributed by atoms with Crippen molar-refractivity contribution in [1.29, 1.82) is 5.26 Å². The number of nitrogens with zero attached hydrogens (tertiary/aromatic N) is 2. The summed E-state index contributed by atoms with van der Waals surface area (Å²) in [5.41, 5.74) is 0. The number of likely N-dealkylation sites (tertiary alicyclic amines) is 1. The number of hydrogen-bond acceptors (Lipinski definition) is 2. The highest BCUT2D eigenvalue weighted by molar-refractivity contribution is 4.94. The lowest BCUT2D eigenvalue weighted by Gasteiger charge is -2.33. The predicted octanol–water partition coefficient (Wildman–Crippen LogP) is 3.33. The zero-order valence-corrected chi connectivity index (χ0v) is 10.3. The van der Waals surface area contributed by atoms with Gasteiger partial charge in [0.05, 0.1) is 12.1 Å². The molecule has 1 saturated heterocycles. The lowest BCUT2D eigenvalue weighted by molar-refractivity contribution is 0.163. The van der Waals surface area contributed by atoms with E-state index in [1.165, 1.54) is 51.4 Å². The van der Waals surface area contributed by atoms with Gasteiger partial charge in [0.25, 0.3) is 0 Å². The Morgan fingerprint density at radius 2 is 1.62 bits per heavy atom. The van der Waals surface area contributed by atoms with Crippen molar-refractivity contribution >= 4 is 0 Å². The van der Waals surface area contributed by atoms with Crippen LogP contribution in [-0.4, -0.2) is 24.0 Å². The molecular weight excluding hydrogens is 196 g/mol. The third-order valence-electron chi connectivity index (χ3n) is 4.26. The van der Waals surface area contributed by atoms with Crippen LogP contribution in [0.1, 0.15) is 57.8 Å². The summed E-state index contributed by atoms with van der Waals surface area (Å²) in [4.78, 5) is 2.43. The summed E-state index contributed by atoms with van der Waals surface area (Å²) in [7, 11) is 0. The van der Waals surface area contributed by atoms with Gasteiger partial charge in [-0.1, -0.05) is 38.5 Å². The Bertz CT molecular complexity index is 232. The van der Waals surface area contributed by atoms with E-state index < -0.39 is 0 Å². The summed E-state index contributed by atoms with van der Waals surface area (Å²) >= 11 is 0. The van der Waals surface area contributed by atoms with E-state index in [9.17, 15) is 5.26 Å². The van der Waals surface area contributed by atoms with Crippen LogP contribution in [0.25, 0.3) is 0 Å². The maximum absolute atomic E-state index is 9.32. The Kier molecular flexibility index (Phi) is 4.66. The van der Waals surface area contributed by atoms with Crippen molar-refractivity contribution in [2.24, 2.45) is 5.92 Å². The molecule has 0 bridgehead atoms. The number of nitriles is 1. The van der Waals surface area contributed by atoms with Gasteiger partial charge >= 0.3 is 0 Å². The van der Waals surface area contributed by atoms with E-state index in [0.29, 0.717) is 0 Å². The fourth-order valence-electron chi connectivity index (χ4n) is 3.25. The summed E-state index contributed by atoms with van der Waals surface area (Å²) < 4.78 is 0. The van der Waals surface area contributed by atoms with Gasteiger partial charge in [-0.25, -0.2) is 0 Å². The van der Waals surface area contributed by atoms with E-state index in [-0.39, 0.29) is 6.04 Å². The third-order valence-corrected chi connectivity index (χ3v) is 4.26. The molecule has 0 spiro atoms. The molecule has 2 aliphatic rings. The minimum atomic E-state index is 0.211. The lowest BCUT2D eigenvalue weighted by Crippen LogP contribution is -2.39. The number of piperidine rings is 1. The zero-order chi connectivity index (χ0) is 11.2. The molecule has 2 nitrogen and oxygen atoms in total. The van der Waals surface area contributed by atoms with Crippen LogP contribution in [0, 0.1) is 17.2 Å². The van der Waals surface area contributed by atoms with Crippen LogP contribution < -0.4 is 0 Å². The topological polar surface area (TPSA) is 27.0 Å². The first-order valence-corrected chi connectivity index (χ1v) is 7.04. The van der Waals surface area contributed by atoms with Crippen LogP contribution in [0.3, 0.4) is 0 Å². The van der Waals surface area contributed by atoms with Gasteiger partial charge in [0.1, 0.15) is 0 Å². The van der Waals surface area contributed by atoms with Gasteiger partial charge in [0.2, 0.25) is 0 Å². The maximum atomic E-state index is 9.32. The molecular formula is C14H24N2. The van der Waals surface area contributed by atoms with Crippen molar-refractivity contribution in [2.75, 3.05) is 13.1 Å². The summed E-state index contributed by atoms with van der Waals surface area (Å²) in [5, 5.41) is 9.32. The molecule has 2 fully saturated rings. The highest BCUT2D eigenvalue weighted by Gasteiger charge is 2.24. The second-order valence-corrected chi connectivity index (χ2v) is 5.48. The van der Waals surface area contributed by atoms with E-state index in [4.69, 9.17) is 0 Å². The van der Waals surface area contributed by atoms with Gasteiger partial charge in [-0.3, -0.25) is 4.90 Å². The molecule has 0 aromatic carbocycles. The largest absolute Gasteiger partial charge is 0.288 e. The Balaban J connectivity index is 1.81. The Hall–Kier alpha value is -0.550. The molecule has 0 radical (unpaired) electrons. The van der Waals surface area contributed by atoms with Crippen LogP contribution in [0.4, 0.5) is 0 Å². The van der Waals surface area contributed by atoms with Crippen molar-refractivity contribution in [2.45, 2.75) is 63.8 Å². The zero-order valence-electron chi connectivity index (χ0n) is 10.3. The van der Waals surface area contributed by atoms with Crippen LogP contribution in [0.2, 0.25) is 0 Å². The molecule has 1 aliphatic heterocycles. The van der Waals surface area contributed by atoms with E-state index >= 15 is 0 Å². The molecule has 0 aromatic rings. The van der Waals surface area contributed by atoms with Crippen molar-refractivity contribution < 1.29 is 0 Å². The summed E-state index contributed by atoms with van der Waals surface area (Å²) in [6.07, 6.45) is 12.0. The highest BCUT2D eigenvalue weighted by atomic mass is 15.2. The minimum absolute atomic E-state index is 0.211. The standard InChI is InChI=1S/C14H24N2/c15-12-14(16-9-5-2-6-10-16)11-13-7-3-1-4-8-13/h13-14H,1-11H2. The third kappa shape index (κ3) is 3.22. The van der Waals surface area contributed by atoms with Crippen molar-refractivity contribution in [1.82, 2.24) is 4.90 Å². The molecule has 90 valence electrons. The second kappa shape index (κ2) is 6.25. The quantitative estimate of drug-likeness (QED) is 0.729. The van der Waals surface area contributed by atoms with Gasteiger partial charge in [-0.05, 0) is 38.3 Å². The first-order valence-electron chi connectivity index (χ1n) is 7.04. The molecule has 0 N–H and O–H groups in total. The Morgan fingerprint density at radius 1 is 1.00 bits per heavy atom. The Morgan fingerprint density at radius 3 is 2.25 bits per heavy atom. The average Bonchev–Trinajstić information content (AvgIpc) is 2.38. The smallest absolute Gasteiger partial charge is 0.0980 e. The number of hydrogen-bond donors (Lipinski definition) is 0. The van der Waals surface area contributed by atoms with Crippen LogP contribution in [0.15, 0.2) is 0 Å². The summed E-state index contributed by atoms with van der Waals surface area (Å²) in [6.45, 7) is 2.32. The second-order valence-electron chi connectivity index (χ2n) is 5.48. The molecule has 16 heavy (non-hydrogen) atoms. The summed E-state index contributed by atoms with van der Waals surface area (Å²) in [6, 6.07) is 2.76. The van der Waals surface area contributed by atoms with Gasteiger partial charge in [-0.2, -0.15) is 5.26 Å². The monoisotopic (exact) mass is 220 g/mol. The molecule has 2 heteroatoms. The van der Waals surface area contributed by atoms with Gasteiger partial charge in [-0.15, -0.1) is 0 Å². The lowest BCUT2D eigenvalue weighted by atomic mass is 9.84. The fraction of sp³-hybridized carbons (Fsp3) is 0.929. The van der Waals surface area contributed by atoms with Gasteiger partial charge in [0.15, 0.2) is 0 Å². The van der Waals surface area contributed by atoms with Crippen LogP contribution >= 0.6 is 0 Å². The van der Waals surface area contributed by atoms with E-state index in [2.05, 4.69) is 11.0 Å². The molecule has 1 unspecified atom stereocenters. The van der Waals surface area contributed by atoms with Crippen LogP contribution in [-0.2, 0) is 0 Å². The minimum Gasteiger partial charge on any atom is -0.288 e. The first-order chi connectivity index (χ1) is 7.90. The predicted molar refractivity (Wildman–Crippen MR) is 66.0 cm³/mol. The van der Waals surface area contributed by atoms with E-state index in [1.807, 2.05) is 0 Å². The van der Waals surface area contributed by atoms with Gasteiger partial charge < -0.3 is 0 Å². The van der Waals surface area contributed by atoms with Crippen molar-refractivity contribution in [3.8, 4) is 6.07 Å². The number of rotatable bonds is 3. The molecule has 1 heterocycles. The molecule has 0 aromatic heterocycles. The SMILES string of the molecule is N#CC(CC1CCCCC1)N1CCCCC1. The van der Waals surface area contributed by atoms with E-state index in [0.717, 1.165) is 25.4 Å². The normalized spacial score (nSPS) is 26.2. The molecule has 2 rings (SSSR count). The first kappa shape index (κ1) is 11.9. The highest BCUT2D eigenvalue weighted by Crippen LogP contribution is 2.29. The fourth-order valence-corrected chi connectivity index (χ4v) is 3.25.